The van der Waals surface area contributed by atoms with Gasteiger partial charge in [0.05, 0.1) is 0 Å². The molecular formula is C15H19F4N. The SMILES string of the molecule is CCNC(c1ccc(F)c(F)c1)C1CCC(F)(F)CC1. The van der Waals surface area contributed by atoms with Crippen LogP contribution in [0.25, 0.3) is 0 Å². The lowest BCUT2D eigenvalue weighted by Crippen LogP contribution is -2.34. The molecule has 0 amide bonds. The van der Waals surface area contributed by atoms with Crippen molar-refractivity contribution in [2.24, 2.45) is 5.92 Å². The van der Waals surface area contributed by atoms with Crippen LogP contribution in [0.2, 0.25) is 0 Å². The molecule has 20 heavy (non-hydrogen) atoms. The van der Waals surface area contributed by atoms with E-state index in [1.165, 1.54) is 6.07 Å². The predicted molar refractivity (Wildman–Crippen MR) is 69.7 cm³/mol. The Kier molecular flexibility index (Phi) is 4.68. The molecule has 1 aromatic carbocycles. The fraction of sp³-hybridized carbons (Fsp3) is 0.600. The smallest absolute Gasteiger partial charge is 0.248 e. The maximum Gasteiger partial charge on any atom is 0.248 e. The van der Waals surface area contributed by atoms with E-state index in [0.717, 1.165) is 12.1 Å². The Morgan fingerprint density at radius 3 is 2.40 bits per heavy atom. The average molecular weight is 289 g/mol. The maximum atomic E-state index is 13.3. The van der Waals surface area contributed by atoms with Crippen molar-refractivity contribution in [3.8, 4) is 0 Å². The van der Waals surface area contributed by atoms with E-state index in [2.05, 4.69) is 5.32 Å². The first-order valence-corrected chi connectivity index (χ1v) is 6.99. The second kappa shape index (κ2) is 6.12. The van der Waals surface area contributed by atoms with Crippen molar-refractivity contribution in [2.75, 3.05) is 6.54 Å². The minimum Gasteiger partial charge on any atom is -0.310 e. The molecule has 0 spiro atoms. The van der Waals surface area contributed by atoms with Gasteiger partial charge < -0.3 is 5.32 Å². The average Bonchev–Trinajstić information content (AvgIpc) is 2.40. The van der Waals surface area contributed by atoms with Gasteiger partial charge in [-0.1, -0.05) is 13.0 Å². The number of hydrogen-bond donors (Lipinski definition) is 1. The molecular weight excluding hydrogens is 270 g/mol. The Morgan fingerprint density at radius 1 is 1.20 bits per heavy atom. The summed E-state index contributed by atoms with van der Waals surface area (Å²) >= 11 is 0. The van der Waals surface area contributed by atoms with Crippen molar-refractivity contribution < 1.29 is 17.6 Å². The van der Waals surface area contributed by atoms with Gasteiger partial charge in [-0.3, -0.25) is 0 Å². The van der Waals surface area contributed by atoms with Crippen LogP contribution < -0.4 is 5.32 Å². The van der Waals surface area contributed by atoms with Crippen LogP contribution in [0.4, 0.5) is 17.6 Å². The van der Waals surface area contributed by atoms with E-state index in [1.807, 2.05) is 6.92 Å². The molecule has 5 heteroatoms. The van der Waals surface area contributed by atoms with E-state index in [4.69, 9.17) is 0 Å². The first kappa shape index (κ1) is 15.3. The van der Waals surface area contributed by atoms with Gasteiger partial charge in [0.1, 0.15) is 0 Å². The van der Waals surface area contributed by atoms with Gasteiger partial charge in [0, 0.05) is 18.9 Å². The third-order valence-electron chi connectivity index (χ3n) is 3.96. The number of alkyl halides is 2. The summed E-state index contributed by atoms with van der Waals surface area (Å²) in [5.74, 6) is -4.34. The molecule has 1 atom stereocenters. The van der Waals surface area contributed by atoms with E-state index in [1.54, 1.807) is 0 Å². The molecule has 0 heterocycles. The standard InChI is InChI=1S/C15H19F4N/c1-2-20-14(10-5-7-15(18,19)8-6-10)11-3-4-12(16)13(17)9-11/h3-4,9-10,14,20H,2,5-8H2,1H3. The van der Waals surface area contributed by atoms with Gasteiger partial charge in [-0.2, -0.15) is 0 Å². The monoisotopic (exact) mass is 289 g/mol. The minimum absolute atomic E-state index is 0.0273. The van der Waals surface area contributed by atoms with Crippen LogP contribution in [0.1, 0.15) is 44.2 Å². The van der Waals surface area contributed by atoms with E-state index in [0.29, 0.717) is 24.9 Å². The van der Waals surface area contributed by atoms with Crippen molar-refractivity contribution in [3.05, 3.63) is 35.4 Å². The highest BCUT2D eigenvalue weighted by molar-refractivity contribution is 5.22. The second-order valence-electron chi connectivity index (χ2n) is 5.40. The van der Waals surface area contributed by atoms with Crippen molar-refractivity contribution in [1.29, 1.82) is 0 Å². The van der Waals surface area contributed by atoms with Crippen LogP contribution in [-0.2, 0) is 0 Å². The topological polar surface area (TPSA) is 12.0 Å². The summed E-state index contributed by atoms with van der Waals surface area (Å²) in [4.78, 5) is 0. The quantitative estimate of drug-likeness (QED) is 0.808. The molecule has 112 valence electrons. The molecule has 1 unspecified atom stereocenters. The summed E-state index contributed by atoms with van der Waals surface area (Å²) in [7, 11) is 0. The zero-order valence-corrected chi connectivity index (χ0v) is 11.4. The zero-order chi connectivity index (χ0) is 14.8. The molecule has 0 radical (unpaired) electrons. The Bertz CT molecular complexity index is 451. The van der Waals surface area contributed by atoms with Crippen LogP contribution in [0.15, 0.2) is 18.2 Å². The van der Waals surface area contributed by atoms with Crippen LogP contribution in [0.3, 0.4) is 0 Å². The van der Waals surface area contributed by atoms with Crippen LogP contribution in [0.5, 0.6) is 0 Å². The third-order valence-corrected chi connectivity index (χ3v) is 3.96. The Balaban J connectivity index is 2.16. The van der Waals surface area contributed by atoms with Crippen LogP contribution >= 0.6 is 0 Å². The van der Waals surface area contributed by atoms with Gasteiger partial charge >= 0.3 is 0 Å². The normalized spacial score (nSPS) is 20.9. The van der Waals surface area contributed by atoms with Crippen molar-refractivity contribution >= 4 is 0 Å². The largest absolute Gasteiger partial charge is 0.310 e. The first-order chi connectivity index (χ1) is 9.43. The molecule has 1 aromatic rings. The molecule has 1 N–H and O–H groups in total. The number of benzene rings is 1. The van der Waals surface area contributed by atoms with E-state index in [9.17, 15) is 17.6 Å². The van der Waals surface area contributed by atoms with Gasteiger partial charge in [-0.05, 0) is 43.0 Å². The van der Waals surface area contributed by atoms with Gasteiger partial charge in [-0.15, -0.1) is 0 Å². The fourth-order valence-corrected chi connectivity index (χ4v) is 2.88. The lowest BCUT2D eigenvalue weighted by atomic mass is 9.79. The molecule has 0 aromatic heterocycles. The summed E-state index contributed by atoms with van der Waals surface area (Å²) in [6.45, 7) is 2.56. The molecule has 1 fully saturated rings. The number of hydrogen-bond acceptors (Lipinski definition) is 1. The summed E-state index contributed by atoms with van der Waals surface area (Å²) in [6, 6.07) is 3.58. The van der Waals surface area contributed by atoms with Crippen molar-refractivity contribution in [1.82, 2.24) is 5.32 Å². The molecule has 1 aliphatic carbocycles. The van der Waals surface area contributed by atoms with E-state index >= 15 is 0 Å². The molecule has 1 aliphatic rings. The highest BCUT2D eigenvalue weighted by Crippen LogP contribution is 2.41. The minimum atomic E-state index is -2.58. The number of rotatable bonds is 4. The van der Waals surface area contributed by atoms with Crippen LogP contribution in [0, 0.1) is 17.6 Å². The molecule has 1 nitrogen and oxygen atoms in total. The second-order valence-corrected chi connectivity index (χ2v) is 5.40. The summed E-state index contributed by atoms with van der Waals surface area (Å²) < 4.78 is 52.8. The highest BCUT2D eigenvalue weighted by atomic mass is 19.3. The summed E-state index contributed by atoms with van der Waals surface area (Å²) in [5.41, 5.74) is 0.626. The van der Waals surface area contributed by atoms with Gasteiger partial charge in [0.25, 0.3) is 0 Å². The maximum absolute atomic E-state index is 13.3. The number of nitrogens with one attached hydrogen (secondary N) is 1. The van der Waals surface area contributed by atoms with Crippen molar-refractivity contribution in [3.63, 3.8) is 0 Å². The van der Waals surface area contributed by atoms with Crippen molar-refractivity contribution in [2.45, 2.75) is 44.6 Å². The Morgan fingerprint density at radius 2 is 1.85 bits per heavy atom. The summed E-state index contributed by atoms with van der Waals surface area (Å²) in [5, 5.41) is 3.21. The molecule has 0 aliphatic heterocycles. The zero-order valence-electron chi connectivity index (χ0n) is 11.4. The van der Waals surface area contributed by atoms with Gasteiger partial charge in [-0.25, -0.2) is 17.6 Å². The van der Waals surface area contributed by atoms with Gasteiger partial charge in [0.2, 0.25) is 5.92 Å². The summed E-state index contributed by atoms with van der Waals surface area (Å²) in [6.07, 6.45) is 0.514. The van der Waals surface area contributed by atoms with Gasteiger partial charge in [0.15, 0.2) is 11.6 Å². The Labute approximate surface area is 116 Å². The van der Waals surface area contributed by atoms with Crippen LogP contribution in [-0.4, -0.2) is 12.5 Å². The fourth-order valence-electron chi connectivity index (χ4n) is 2.88. The lowest BCUT2D eigenvalue weighted by Gasteiger charge is -2.34. The predicted octanol–water partition coefficient (Wildman–Crippen LogP) is 4.44. The highest BCUT2D eigenvalue weighted by Gasteiger charge is 2.37. The molecule has 2 rings (SSSR count). The number of halogens is 4. The molecule has 0 bridgehead atoms. The lowest BCUT2D eigenvalue weighted by molar-refractivity contribution is -0.0497. The third kappa shape index (κ3) is 3.51. The first-order valence-electron chi connectivity index (χ1n) is 6.99. The Hall–Kier alpha value is -1.10. The van der Waals surface area contributed by atoms with E-state index in [-0.39, 0.29) is 24.8 Å². The molecule has 1 saturated carbocycles. The molecule has 0 saturated heterocycles. The van der Waals surface area contributed by atoms with E-state index < -0.39 is 17.6 Å².